The van der Waals surface area contributed by atoms with E-state index in [-0.39, 0.29) is 18.4 Å². The molecule has 1 heterocycles. The highest BCUT2D eigenvalue weighted by atomic mass is 32.1. The number of amides is 2. The molecule has 1 N–H and O–H groups in total. The van der Waals surface area contributed by atoms with Gasteiger partial charge < -0.3 is 10.2 Å². The van der Waals surface area contributed by atoms with Crippen molar-refractivity contribution in [3.8, 4) is 0 Å². The van der Waals surface area contributed by atoms with Gasteiger partial charge in [0, 0.05) is 23.2 Å². The topological polar surface area (TPSA) is 62.3 Å². The van der Waals surface area contributed by atoms with Crippen molar-refractivity contribution in [3.63, 3.8) is 0 Å². The third-order valence-corrected chi connectivity index (χ3v) is 4.67. The Balaban J connectivity index is 2.10. The molecule has 2 amide bonds. The Kier molecular flexibility index (Phi) is 6.70. The highest BCUT2D eigenvalue weighted by Gasteiger charge is 2.20. The fourth-order valence-electron chi connectivity index (χ4n) is 2.39. The van der Waals surface area contributed by atoms with Crippen LogP contribution in [0.4, 0.5) is 5.13 Å². The molecule has 2 aromatic rings. The second-order valence-electron chi connectivity index (χ2n) is 6.55. The van der Waals surface area contributed by atoms with Gasteiger partial charge in [-0.2, -0.15) is 0 Å². The molecule has 6 heteroatoms. The van der Waals surface area contributed by atoms with E-state index < -0.39 is 0 Å². The number of hydrogen-bond acceptors (Lipinski definition) is 4. The predicted molar refractivity (Wildman–Crippen MR) is 102 cm³/mol. The van der Waals surface area contributed by atoms with Crippen molar-refractivity contribution in [3.05, 3.63) is 46.5 Å². The molecule has 0 radical (unpaired) electrons. The smallest absolute Gasteiger partial charge is 0.254 e. The van der Waals surface area contributed by atoms with Crippen LogP contribution in [0.15, 0.2) is 30.5 Å². The highest BCUT2D eigenvalue weighted by molar-refractivity contribution is 7.15. The molecule has 1 aromatic carbocycles. The van der Waals surface area contributed by atoms with Gasteiger partial charge in [0.25, 0.3) is 5.91 Å². The van der Waals surface area contributed by atoms with Crippen LogP contribution in [-0.2, 0) is 4.79 Å². The Morgan fingerprint density at radius 1 is 1.24 bits per heavy atom. The minimum absolute atomic E-state index is 0.0263. The summed E-state index contributed by atoms with van der Waals surface area (Å²) in [5.41, 5.74) is 1.56. The Morgan fingerprint density at radius 3 is 2.56 bits per heavy atom. The molecule has 25 heavy (non-hydrogen) atoms. The summed E-state index contributed by atoms with van der Waals surface area (Å²) in [6, 6.07) is 7.47. The molecule has 0 aliphatic rings. The summed E-state index contributed by atoms with van der Waals surface area (Å²) in [4.78, 5) is 32.1. The van der Waals surface area contributed by atoms with Gasteiger partial charge in [-0.25, -0.2) is 4.98 Å². The van der Waals surface area contributed by atoms with Gasteiger partial charge in [-0.15, -0.1) is 11.3 Å². The van der Waals surface area contributed by atoms with Gasteiger partial charge in [0.15, 0.2) is 5.13 Å². The lowest BCUT2D eigenvalue weighted by atomic mass is 10.1. The molecule has 0 bridgehead atoms. The number of nitrogens with zero attached hydrogens (tertiary/aromatic N) is 2. The van der Waals surface area contributed by atoms with Crippen molar-refractivity contribution in [2.75, 3.05) is 18.4 Å². The summed E-state index contributed by atoms with van der Waals surface area (Å²) < 4.78 is 0. The summed E-state index contributed by atoms with van der Waals surface area (Å²) in [7, 11) is 0. The molecule has 0 aliphatic heterocycles. The molecule has 0 saturated heterocycles. The third kappa shape index (κ3) is 5.67. The van der Waals surface area contributed by atoms with E-state index in [1.807, 2.05) is 38.1 Å². The highest BCUT2D eigenvalue weighted by Crippen LogP contribution is 2.17. The predicted octanol–water partition coefficient (Wildman–Crippen LogP) is 3.89. The minimum Gasteiger partial charge on any atom is -0.329 e. The second kappa shape index (κ2) is 8.76. The maximum Gasteiger partial charge on any atom is 0.254 e. The number of aromatic nitrogens is 1. The monoisotopic (exact) mass is 359 g/mol. The van der Waals surface area contributed by atoms with Crippen LogP contribution in [0.2, 0.25) is 0 Å². The number of carbonyl (C=O) groups excluding carboxylic acids is 2. The van der Waals surface area contributed by atoms with Crippen LogP contribution in [0.5, 0.6) is 0 Å². The molecule has 0 unspecified atom stereocenters. The Bertz CT molecular complexity index is 740. The van der Waals surface area contributed by atoms with Crippen molar-refractivity contribution in [2.24, 2.45) is 5.92 Å². The van der Waals surface area contributed by atoms with Crippen LogP contribution < -0.4 is 5.32 Å². The van der Waals surface area contributed by atoms with Crippen LogP contribution in [0.1, 0.15) is 41.1 Å². The molecule has 0 atom stereocenters. The Hall–Kier alpha value is -2.21. The van der Waals surface area contributed by atoms with Crippen molar-refractivity contribution < 1.29 is 9.59 Å². The normalized spacial score (nSPS) is 10.8. The first-order chi connectivity index (χ1) is 11.9. The average molecular weight is 359 g/mol. The van der Waals surface area contributed by atoms with E-state index in [2.05, 4.69) is 24.1 Å². The lowest BCUT2D eigenvalue weighted by Gasteiger charge is -2.23. The van der Waals surface area contributed by atoms with E-state index in [1.165, 1.54) is 11.3 Å². The fraction of sp³-hybridized carbons (Fsp3) is 0.421. The van der Waals surface area contributed by atoms with Crippen LogP contribution in [0.3, 0.4) is 0 Å². The van der Waals surface area contributed by atoms with E-state index in [9.17, 15) is 9.59 Å². The number of thiazole rings is 1. The van der Waals surface area contributed by atoms with E-state index in [0.29, 0.717) is 23.2 Å². The molecule has 1 aromatic heterocycles. The van der Waals surface area contributed by atoms with Gasteiger partial charge in [-0.1, -0.05) is 32.0 Å². The molecule has 2 rings (SSSR count). The maximum atomic E-state index is 12.9. The zero-order valence-corrected chi connectivity index (χ0v) is 16.0. The number of hydrogen-bond donors (Lipinski definition) is 1. The molecule has 134 valence electrons. The molecule has 0 aliphatic carbocycles. The first kappa shape index (κ1) is 19.1. The molecule has 0 saturated carbocycles. The number of aryl methyl sites for hydroxylation is 2. The summed E-state index contributed by atoms with van der Waals surface area (Å²) in [6.07, 6.45) is 2.57. The standard InChI is InChI=1S/C19H25N3O2S/c1-13(2)9-10-22(18(24)16-8-6-5-7-14(16)3)12-17(23)21-19-20-11-15(4)25-19/h5-8,11,13H,9-10,12H2,1-4H3,(H,20,21,23). The van der Waals surface area contributed by atoms with Gasteiger partial charge >= 0.3 is 0 Å². The van der Waals surface area contributed by atoms with E-state index in [4.69, 9.17) is 0 Å². The molecular formula is C19H25N3O2S. The average Bonchev–Trinajstić information content (AvgIpc) is 2.96. The molecular weight excluding hydrogens is 334 g/mol. The van der Waals surface area contributed by atoms with Gasteiger partial charge in [0.1, 0.15) is 6.54 Å². The summed E-state index contributed by atoms with van der Waals surface area (Å²) in [5, 5.41) is 3.34. The lowest BCUT2D eigenvalue weighted by molar-refractivity contribution is -0.116. The summed E-state index contributed by atoms with van der Waals surface area (Å²) in [6.45, 7) is 8.63. The van der Waals surface area contributed by atoms with Gasteiger partial charge in [-0.3, -0.25) is 9.59 Å². The minimum atomic E-state index is -0.222. The van der Waals surface area contributed by atoms with Crippen molar-refractivity contribution in [1.29, 1.82) is 0 Å². The van der Waals surface area contributed by atoms with Crippen LogP contribution >= 0.6 is 11.3 Å². The third-order valence-electron chi connectivity index (χ3n) is 3.84. The van der Waals surface area contributed by atoms with Gasteiger partial charge in [-0.05, 0) is 37.8 Å². The maximum absolute atomic E-state index is 12.9. The molecule has 0 fully saturated rings. The van der Waals surface area contributed by atoms with Crippen molar-refractivity contribution in [1.82, 2.24) is 9.88 Å². The van der Waals surface area contributed by atoms with Crippen molar-refractivity contribution in [2.45, 2.75) is 34.1 Å². The number of nitrogens with one attached hydrogen (secondary N) is 1. The number of benzene rings is 1. The van der Waals surface area contributed by atoms with Crippen LogP contribution in [-0.4, -0.2) is 34.8 Å². The zero-order chi connectivity index (χ0) is 18.4. The van der Waals surface area contributed by atoms with E-state index in [1.54, 1.807) is 11.1 Å². The summed E-state index contributed by atoms with van der Waals surface area (Å²) in [5.74, 6) is 0.126. The van der Waals surface area contributed by atoms with Crippen LogP contribution in [0.25, 0.3) is 0 Å². The van der Waals surface area contributed by atoms with Crippen molar-refractivity contribution >= 4 is 28.3 Å². The quantitative estimate of drug-likeness (QED) is 0.816. The second-order valence-corrected chi connectivity index (χ2v) is 7.78. The lowest BCUT2D eigenvalue weighted by Crippen LogP contribution is -2.39. The van der Waals surface area contributed by atoms with E-state index >= 15 is 0 Å². The molecule has 5 nitrogen and oxygen atoms in total. The largest absolute Gasteiger partial charge is 0.329 e. The number of anilines is 1. The van der Waals surface area contributed by atoms with Crippen LogP contribution in [0, 0.1) is 19.8 Å². The number of rotatable bonds is 7. The SMILES string of the molecule is Cc1cnc(NC(=O)CN(CCC(C)C)C(=O)c2ccccc2C)s1. The first-order valence-electron chi connectivity index (χ1n) is 8.44. The van der Waals surface area contributed by atoms with Gasteiger partial charge in [0.2, 0.25) is 5.91 Å². The van der Waals surface area contributed by atoms with Gasteiger partial charge in [0.05, 0.1) is 0 Å². The fourth-order valence-corrected chi connectivity index (χ4v) is 3.07. The van der Waals surface area contributed by atoms with E-state index in [0.717, 1.165) is 16.9 Å². The zero-order valence-electron chi connectivity index (χ0n) is 15.2. The Labute approximate surface area is 153 Å². The summed E-state index contributed by atoms with van der Waals surface area (Å²) >= 11 is 1.42. The first-order valence-corrected chi connectivity index (χ1v) is 9.25. The number of carbonyl (C=O) groups is 2. The Morgan fingerprint density at radius 2 is 1.96 bits per heavy atom. The molecule has 0 spiro atoms.